The zero-order valence-electron chi connectivity index (χ0n) is 15.8. The van der Waals surface area contributed by atoms with Crippen LogP contribution in [0.1, 0.15) is 65.5 Å². The zero-order valence-corrected chi connectivity index (χ0v) is 15.8. The monoisotopic (exact) mass is 336 g/mol. The van der Waals surface area contributed by atoms with E-state index in [1.807, 2.05) is 26.8 Å². The number of amides is 1. The first kappa shape index (κ1) is 20.4. The Balaban J connectivity index is 2.82. The van der Waals surface area contributed by atoms with E-state index < -0.39 is 5.60 Å². The number of hydrogen-bond acceptors (Lipinski definition) is 4. The Morgan fingerprint density at radius 1 is 1.17 bits per heavy atom. The molecule has 1 amide bonds. The molecule has 1 aromatic heterocycles. The Kier molecular flexibility index (Phi) is 8.76. The number of hydrogen-bond donors (Lipinski definition) is 1. The molecule has 0 aliphatic heterocycles. The third-order valence-corrected chi connectivity index (χ3v) is 3.87. The number of carbonyl (C=O) groups excluding carboxylic acids is 1. The van der Waals surface area contributed by atoms with Crippen LogP contribution in [0.3, 0.4) is 0 Å². The lowest BCUT2D eigenvalue weighted by molar-refractivity contribution is -0.140. The summed E-state index contributed by atoms with van der Waals surface area (Å²) in [6.45, 7) is 11.2. The molecule has 1 atom stereocenters. The van der Waals surface area contributed by atoms with E-state index in [4.69, 9.17) is 9.47 Å². The van der Waals surface area contributed by atoms with Gasteiger partial charge in [-0.15, -0.1) is 0 Å². The number of rotatable bonds is 11. The normalized spacial score (nSPS) is 13.4. The van der Waals surface area contributed by atoms with Crippen molar-refractivity contribution in [2.45, 2.75) is 72.3 Å². The molecule has 0 unspecified atom stereocenters. The summed E-state index contributed by atoms with van der Waals surface area (Å²) in [5.74, 6) is 0.472. The molecule has 0 aromatic carbocycles. The van der Waals surface area contributed by atoms with Gasteiger partial charge in [0.2, 0.25) is 5.88 Å². The van der Waals surface area contributed by atoms with Crippen molar-refractivity contribution in [3.8, 4) is 5.88 Å². The van der Waals surface area contributed by atoms with Crippen molar-refractivity contribution in [3.05, 3.63) is 17.8 Å². The van der Waals surface area contributed by atoms with Crippen LogP contribution in [0.5, 0.6) is 5.88 Å². The molecule has 0 spiro atoms. The number of unbranched alkanes of at least 4 members (excludes halogenated alkanes) is 1. The third-order valence-electron chi connectivity index (χ3n) is 3.87. The lowest BCUT2D eigenvalue weighted by Crippen LogP contribution is -2.43. The Labute approximate surface area is 146 Å². The molecule has 1 N–H and O–H groups in total. The summed E-state index contributed by atoms with van der Waals surface area (Å²) < 4.78 is 11.4. The van der Waals surface area contributed by atoms with Gasteiger partial charge in [-0.25, -0.2) is 4.98 Å². The predicted molar refractivity (Wildman–Crippen MR) is 97.6 cm³/mol. The molecule has 0 saturated heterocycles. The van der Waals surface area contributed by atoms with Crippen molar-refractivity contribution in [1.29, 1.82) is 0 Å². The van der Waals surface area contributed by atoms with Crippen LogP contribution >= 0.6 is 0 Å². The van der Waals surface area contributed by atoms with E-state index in [2.05, 4.69) is 24.1 Å². The molecule has 1 rings (SSSR count). The molecule has 24 heavy (non-hydrogen) atoms. The molecule has 0 bridgehead atoms. The molecule has 5 heteroatoms. The molecule has 5 nitrogen and oxygen atoms in total. The number of nitrogens with one attached hydrogen (secondary N) is 1. The number of aromatic nitrogens is 1. The van der Waals surface area contributed by atoms with E-state index in [9.17, 15) is 4.79 Å². The average Bonchev–Trinajstić information content (AvgIpc) is 2.58. The van der Waals surface area contributed by atoms with E-state index in [1.165, 1.54) is 0 Å². The minimum absolute atomic E-state index is 0.114. The van der Waals surface area contributed by atoms with Gasteiger partial charge in [-0.1, -0.05) is 33.6 Å². The van der Waals surface area contributed by atoms with Crippen LogP contribution in [0, 0.1) is 6.92 Å². The van der Waals surface area contributed by atoms with Crippen LogP contribution in [0.2, 0.25) is 0 Å². The van der Waals surface area contributed by atoms with Crippen molar-refractivity contribution in [2.24, 2.45) is 0 Å². The predicted octanol–water partition coefficient (Wildman–Crippen LogP) is 4.49. The molecule has 0 saturated carbocycles. The molecule has 0 aliphatic rings. The van der Waals surface area contributed by atoms with Gasteiger partial charge in [0.25, 0.3) is 5.91 Å². The standard InChI is InChI=1S/C19H32N2O3/c1-6-9-12-19(5,24-14-8-3)18(22)21-16-10-11-17(20-15(16)4)23-13-7-2/h10-11H,6-9,12-14H2,1-5H3,(H,21,22)/t19-/m1/s1. The van der Waals surface area contributed by atoms with Gasteiger partial charge >= 0.3 is 0 Å². The van der Waals surface area contributed by atoms with Gasteiger partial charge in [0, 0.05) is 12.7 Å². The van der Waals surface area contributed by atoms with E-state index in [-0.39, 0.29) is 5.91 Å². The Hall–Kier alpha value is -1.62. The second-order valence-corrected chi connectivity index (χ2v) is 6.27. The Bertz CT molecular complexity index is 509. The number of pyridine rings is 1. The summed E-state index contributed by atoms with van der Waals surface area (Å²) in [6, 6.07) is 3.62. The topological polar surface area (TPSA) is 60.5 Å². The van der Waals surface area contributed by atoms with Crippen molar-refractivity contribution < 1.29 is 14.3 Å². The molecule has 0 fully saturated rings. The number of anilines is 1. The summed E-state index contributed by atoms with van der Waals surface area (Å²) in [5.41, 5.74) is 0.632. The quantitative estimate of drug-likeness (QED) is 0.646. The molecule has 0 aliphatic carbocycles. The maximum absolute atomic E-state index is 12.8. The first-order chi connectivity index (χ1) is 11.5. The average molecular weight is 336 g/mol. The van der Waals surface area contributed by atoms with Crippen LogP contribution in [0.25, 0.3) is 0 Å². The number of ether oxygens (including phenoxy) is 2. The van der Waals surface area contributed by atoms with Gasteiger partial charge in [-0.2, -0.15) is 0 Å². The first-order valence-corrected chi connectivity index (χ1v) is 9.02. The van der Waals surface area contributed by atoms with E-state index >= 15 is 0 Å². The van der Waals surface area contributed by atoms with Crippen LogP contribution < -0.4 is 10.1 Å². The smallest absolute Gasteiger partial charge is 0.256 e. The van der Waals surface area contributed by atoms with Gasteiger partial charge in [-0.3, -0.25) is 4.79 Å². The van der Waals surface area contributed by atoms with Gasteiger partial charge in [0.15, 0.2) is 0 Å². The van der Waals surface area contributed by atoms with Crippen molar-refractivity contribution in [3.63, 3.8) is 0 Å². The Morgan fingerprint density at radius 2 is 1.88 bits per heavy atom. The highest BCUT2D eigenvalue weighted by molar-refractivity contribution is 5.97. The van der Waals surface area contributed by atoms with E-state index in [0.29, 0.717) is 31.2 Å². The van der Waals surface area contributed by atoms with Gasteiger partial charge < -0.3 is 14.8 Å². The highest BCUT2D eigenvalue weighted by Crippen LogP contribution is 2.24. The minimum Gasteiger partial charge on any atom is -0.478 e. The maximum atomic E-state index is 12.8. The highest BCUT2D eigenvalue weighted by atomic mass is 16.5. The first-order valence-electron chi connectivity index (χ1n) is 9.02. The van der Waals surface area contributed by atoms with Crippen molar-refractivity contribution >= 4 is 11.6 Å². The number of carbonyl (C=O) groups is 1. The SMILES string of the molecule is CCCC[C@@](C)(OCCC)C(=O)Nc1ccc(OCCC)nc1C. The minimum atomic E-state index is -0.810. The van der Waals surface area contributed by atoms with Crippen LogP contribution in [0.4, 0.5) is 5.69 Å². The number of nitrogens with zero attached hydrogens (tertiary/aromatic N) is 1. The molecule has 1 heterocycles. The highest BCUT2D eigenvalue weighted by Gasteiger charge is 2.33. The summed E-state index contributed by atoms with van der Waals surface area (Å²) >= 11 is 0. The largest absolute Gasteiger partial charge is 0.478 e. The summed E-state index contributed by atoms with van der Waals surface area (Å²) in [4.78, 5) is 17.2. The lowest BCUT2D eigenvalue weighted by Gasteiger charge is -2.29. The molecule has 136 valence electrons. The molecular weight excluding hydrogens is 304 g/mol. The van der Waals surface area contributed by atoms with Crippen LogP contribution in [-0.2, 0) is 9.53 Å². The fraction of sp³-hybridized carbons (Fsp3) is 0.684. The van der Waals surface area contributed by atoms with Gasteiger partial charge in [0.1, 0.15) is 5.60 Å². The lowest BCUT2D eigenvalue weighted by atomic mass is 9.97. The summed E-state index contributed by atoms with van der Waals surface area (Å²) in [6.07, 6.45) is 4.51. The molecule has 0 radical (unpaired) electrons. The van der Waals surface area contributed by atoms with Crippen LogP contribution in [0.15, 0.2) is 12.1 Å². The third kappa shape index (κ3) is 6.11. The maximum Gasteiger partial charge on any atom is 0.256 e. The van der Waals surface area contributed by atoms with Crippen molar-refractivity contribution in [2.75, 3.05) is 18.5 Å². The fourth-order valence-corrected chi connectivity index (χ4v) is 2.30. The molecular formula is C19H32N2O3. The summed E-state index contributed by atoms with van der Waals surface area (Å²) in [5, 5.41) is 2.97. The number of aryl methyl sites for hydroxylation is 1. The fourth-order valence-electron chi connectivity index (χ4n) is 2.30. The molecule has 1 aromatic rings. The van der Waals surface area contributed by atoms with E-state index in [0.717, 1.165) is 31.4 Å². The summed E-state index contributed by atoms with van der Waals surface area (Å²) in [7, 11) is 0. The second-order valence-electron chi connectivity index (χ2n) is 6.27. The zero-order chi connectivity index (χ0) is 18.0. The second kappa shape index (κ2) is 10.3. The Morgan fingerprint density at radius 3 is 2.46 bits per heavy atom. The van der Waals surface area contributed by atoms with E-state index in [1.54, 1.807) is 6.07 Å². The van der Waals surface area contributed by atoms with Gasteiger partial charge in [-0.05, 0) is 39.2 Å². The van der Waals surface area contributed by atoms with Crippen molar-refractivity contribution in [1.82, 2.24) is 4.98 Å². The van der Waals surface area contributed by atoms with Gasteiger partial charge in [0.05, 0.1) is 18.0 Å². The van der Waals surface area contributed by atoms with Crippen LogP contribution in [-0.4, -0.2) is 29.7 Å².